The van der Waals surface area contributed by atoms with Crippen molar-refractivity contribution in [2.45, 2.75) is 33.0 Å². The fourth-order valence-corrected chi connectivity index (χ4v) is 1.65. The van der Waals surface area contributed by atoms with E-state index in [0.717, 1.165) is 4.68 Å². The molecular formula is C10H12ClF3N2O2. The predicted octanol–water partition coefficient (Wildman–Crippen LogP) is 3.30. The maximum absolute atomic E-state index is 12.6. The summed E-state index contributed by atoms with van der Waals surface area (Å²) in [5.41, 5.74) is -2.45. The van der Waals surface area contributed by atoms with Crippen LogP contribution in [0.15, 0.2) is 0 Å². The first-order valence-electron chi connectivity index (χ1n) is 5.21. The molecule has 8 heteroatoms. The van der Waals surface area contributed by atoms with E-state index in [2.05, 4.69) is 5.10 Å². The number of nitrogens with zero attached hydrogens (tertiary/aromatic N) is 2. The molecule has 1 N–H and O–H groups in total. The van der Waals surface area contributed by atoms with E-state index in [1.807, 2.05) is 13.8 Å². The van der Waals surface area contributed by atoms with E-state index < -0.39 is 28.6 Å². The summed E-state index contributed by atoms with van der Waals surface area (Å²) >= 11 is 5.63. The van der Waals surface area contributed by atoms with Crippen molar-refractivity contribution in [1.29, 1.82) is 0 Å². The van der Waals surface area contributed by atoms with Gasteiger partial charge in [-0.05, 0) is 12.3 Å². The Hall–Kier alpha value is -1.24. The van der Waals surface area contributed by atoms with Crippen LogP contribution >= 0.6 is 11.6 Å². The third-order valence-corrected chi connectivity index (χ3v) is 2.68. The molecule has 0 aliphatic rings. The van der Waals surface area contributed by atoms with Crippen LogP contribution in [0.4, 0.5) is 13.2 Å². The zero-order valence-corrected chi connectivity index (χ0v) is 10.5. The lowest BCUT2D eigenvalue weighted by Gasteiger charge is -2.05. The van der Waals surface area contributed by atoms with Crippen LogP contribution in [0.3, 0.4) is 0 Å². The Labute approximate surface area is 106 Å². The van der Waals surface area contributed by atoms with Gasteiger partial charge in [0.1, 0.15) is 10.7 Å². The Morgan fingerprint density at radius 3 is 2.39 bits per heavy atom. The molecule has 1 aromatic heterocycles. The van der Waals surface area contributed by atoms with Gasteiger partial charge in [0.05, 0.1) is 0 Å². The van der Waals surface area contributed by atoms with Gasteiger partial charge in [-0.3, -0.25) is 4.68 Å². The Bertz CT molecular complexity index is 455. The molecule has 0 bridgehead atoms. The van der Waals surface area contributed by atoms with E-state index >= 15 is 0 Å². The van der Waals surface area contributed by atoms with Gasteiger partial charge in [0.15, 0.2) is 5.69 Å². The summed E-state index contributed by atoms with van der Waals surface area (Å²) in [4.78, 5) is 10.8. The second kappa shape index (κ2) is 5.17. The molecule has 18 heavy (non-hydrogen) atoms. The van der Waals surface area contributed by atoms with Gasteiger partial charge < -0.3 is 5.11 Å². The number of rotatable bonds is 4. The minimum absolute atomic E-state index is 0.146. The zero-order valence-electron chi connectivity index (χ0n) is 9.75. The molecule has 0 atom stereocenters. The quantitative estimate of drug-likeness (QED) is 0.923. The molecule has 0 unspecified atom stereocenters. The highest BCUT2D eigenvalue weighted by Gasteiger charge is 2.41. The van der Waals surface area contributed by atoms with Crippen molar-refractivity contribution in [2.24, 2.45) is 5.92 Å². The lowest BCUT2D eigenvalue weighted by atomic mass is 10.1. The fraction of sp³-hybridized carbons (Fsp3) is 0.600. The number of hydrogen-bond acceptors (Lipinski definition) is 2. The van der Waals surface area contributed by atoms with Crippen molar-refractivity contribution >= 4 is 17.6 Å². The van der Waals surface area contributed by atoms with Gasteiger partial charge >= 0.3 is 12.1 Å². The van der Waals surface area contributed by atoms with Crippen molar-refractivity contribution in [2.75, 3.05) is 0 Å². The maximum atomic E-state index is 12.6. The molecule has 0 aliphatic carbocycles. The molecular weight excluding hydrogens is 273 g/mol. The molecule has 1 rings (SSSR count). The second-order valence-corrected chi connectivity index (χ2v) is 4.58. The largest absolute Gasteiger partial charge is 0.478 e. The molecule has 0 saturated carbocycles. The molecule has 0 radical (unpaired) electrons. The summed E-state index contributed by atoms with van der Waals surface area (Å²) in [7, 11) is 0. The van der Waals surface area contributed by atoms with E-state index in [-0.39, 0.29) is 12.5 Å². The van der Waals surface area contributed by atoms with E-state index in [0.29, 0.717) is 6.42 Å². The first-order chi connectivity index (χ1) is 8.14. The monoisotopic (exact) mass is 284 g/mol. The standard InChI is InChI=1S/C10H12ClF3N2O2/c1-5(2)3-4-16-8(11)6(9(17)18)7(15-16)10(12,13)14/h5H,3-4H2,1-2H3,(H,17,18). The molecule has 0 amide bonds. The third-order valence-electron chi connectivity index (χ3n) is 2.29. The molecule has 4 nitrogen and oxygen atoms in total. The van der Waals surface area contributed by atoms with Crippen LogP contribution in [0.5, 0.6) is 0 Å². The van der Waals surface area contributed by atoms with Gasteiger partial charge in [-0.2, -0.15) is 18.3 Å². The molecule has 1 aromatic rings. The highest BCUT2D eigenvalue weighted by molar-refractivity contribution is 6.32. The Morgan fingerprint density at radius 2 is 2.06 bits per heavy atom. The number of alkyl halides is 3. The number of carboxylic acid groups (broad SMARTS) is 1. The van der Waals surface area contributed by atoms with Crippen molar-refractivity contribution in [3.63, 3.8) is 0 Å². The van der Waals surface area contributed by atoms with E-state index in [9.17, 15) is 18.0 Å². The Morgan fingerprint density at radius 1 is 1.50 bits per heavy atom. The average molecular weight is 285 g/mol. The first kappa shape index (κ1) is 14.8. The second-order valence-electron chi connectivity index (χ2n) is 4.22. The third kappa shape index (κ3) is 3.16. The highest BCUT2D eigenvalue weighted by Crippen LogP contribution is 2.34. The first-order valence-corrected chi connectivity index (χ1v) is 5.59. The van der Waals surface area contributed by atoms with Gasteiger partial charge in [-0.1, -0.05) is 25.4 Å². The molecule has 1 heterocycles. The van der Waals surface area contributed by atoms with Crippen LogP contribution in [0.2, 0.25) is 5.15 Å². The smallest absolute Gasteiger partial charge is 0.436 e. The summed E-state index contributed by atoms with van der Waals surface area (Å²) in [6.07, 6.45) is -4.28. The van der Waals surface area contributed by atoms with Crippen LogP contribution in [0.1, 0.15) is 36.3 Å². The van der Waals surface area contributed by atoms with Crippen LogP contribution in [-0.4, -0.2) is 20.9 Å². The van der Waals surface area contributed by atoms with Gasteiger partial charge in [0.2, 0.25) is 0 Å². The van der Waals surface area contributed by atoms with Crippen molar-refractivity contribution in [3.05, 3.63) is 16.4 Å². The molecule has 0 aromatic carbocycles. The number of aryl methyl sites for hydroxylation is 1. The van der Waals surface area contributed by atoms with Gasteiger partial charge in [-0.15, -0.1) is 0 Å². The molecule has 0 spiro atoms. The summed E-state index contributed by atoms with van der Waals surface area (Å²) in [6, 6.07) is 0. The van der Waals surface area contributed by atoms with Crippen molar-refractivity contribution in [1.82, 2.24) is 9.78 Å². The van der Waals surface area contributed by atoms with Crippen LogP contribution < -0.4 is 0 Å². The molecule has 0 aliphatic heterocycles. The fourth-order valence-electron chi connectivity index (χ4n) is 1.36. The number of carbonyl (C=O) groups is 1. The molecule has 0 fully saturated rings. The molecule has 0 saturated heterocycles. The van der Waals surface area contributed by atoms with Crippen molar-refractivity contribution in [3.8, 4) is 0 Å². The predicted molar refractivity (Wildman–Crippen MR) is 58.7 cm³/mol. The van der Waals surface area contributed by atoms with Gasteiger partial charge in [0.25, 0.3) is 0 Å². The van der Waals surface area contributed by atoms with Crippen molar-refractivity contribution < 1.29 is 23.1 Å². The average Bonchev–Trinajstić information content (AvgIpc) is 2.52. The number of halogens is 4. The molecule has 102 valence electrons. The Kier molecular flexibility index (Phi) is 4.26. The summed E-state index contributed by atoms with van der Waals surface area (Å²) < 4.78 is 38.7. The lowest BCUT2D eigenvalue weighted by Crippen LogP contribution is -2.12. The normalized spacial score (nSPS) is 12.2. The SMILES string of the molecule is CC(C)CCn1nc(C(F)(F)F)c(C(=O)O)c1Cl. The number of hydrogen-bond donors (Lipinski definition) is 1. The van der Waals surface area contributed by atoms with Crippen LogP contribution in [-0.2, 0) is 12.7 Å². The number of carboxylic acids is 1. The van der Waals surface area contributed by atoms with E-state index in [1.165, 1.54) is 0 Å². The van der Waals surface area contributed by atoms with Gasteiger partial charge in [0, 0.05) is 6.54 Å². The number of aromatic nitrogens is 2. The van der Waals surface area contributed by atoms with Gasteiger partial charge in [-0.25, -0.2) is 4.79 Å². The minimum atomic E-state index is -4.83. The Balaban J connectivity index is 3.20. The van der Waals surface area contributed by atoms with E-state index in [4.69, 9.17) is 16.7 Å². The number of aromatic carboxylic acids is 1. The van der Waals surface area contributed by atoms with Crippen LogP contribution in [0.25, 0.3) is 0 Å². The summed E-state index contributed by atoms with van der Waals surface area (Å²) in [5.74, 6) is -1.49. The minimum Gasteiger partial charge on any atom is -0.478 e. The lowest BCUT2D eigenvalue weighted by molar-refractivity contribution is -0.142. The topological polar surface area (TPSA) is 55.1 Å². The summed E-state index contributed by atoms with van der Waals surface area (Å²) in [6.45, 7) is 3.92. The highest BCUT2D eigenvalue weighted by atomic mass is 35.5. The zero-order chi connectivity index (χ0) is 14.1. The summed E-state index contributed by atoms with van der Waals surface area (Å²) in [5, 5.41) is 11.5. The van der Waals surface area contributed by atoms with Crippen LogP contribution in [0, 0.1) is 5.92 Å². The van der Waals surface area contributed by atoms with E-state index in [1.54, 1.807) is 0 Å². The maximum Gasteiger partial charge on any atom is 0.436 e.